The Morgan fingerprint density at radius 1 is 1.36 bits per heavy atom. The largest absolute Gasteiger partial charge is 0.376 e. The fourth-order valence-corrected chi connectivity index (χ4v) is 3.03. The van der Waals surface area contributed by atoms with E-state index in [1.807, 2.05) is 6.92 Å². The third-order valence-electron chi connectivity index (χ3n) is 4.36. The van der Waals surface area contributed by atoms with Gasteiger partial charge in [-0.1, -0.05) is 0 Å². The minimum Gasteiger partial charge on any atom is -0.376 e. The van der Waals surface area contributed by atoms with Crippen LogP contribution in [0.1, 0.15) is 48.2 Å². The highest BCUT2D eigenvalue weighted by Gasteiger charge is 2.19. The van der Waals surface area contributed by atoms with Gasteiger partial charge in [0.2, 0.25) is 5.95 Å². The summed E-state index contributed by atoms with van der Waals surface area (Å²) >= 11 is 0. The lowest BCUT2D eigenvalue weighted by atomic mass is 10.1. The van der Waals surface area contributed by atoms with E-state index in [0.29, 0.717) is 12.1 Å². The number of carbonyl (C=O) groups is 1. The lowest BCUT2D eigenvalue weighted by Gasteiger charge is -2.26. The van der Waals surface area contributed by atoms with Gasteiger partial charge in [-0.25, -0.2) is 9.97 Å². The van der Waals surface area contributed by atoms with Gasteiger partial charge in [-0.15, -0.1) is 0 Å². The molecule has 2 aliphatic heterocycles. The molecule has 22 heavy (non-hydrogen) atoms. The molecule has 3 heterocycles. The highest BCUT2D eigenvalue weighted by molar-refractivity contribution is 5.95. The van der Waals surface area contributed by atoms with Crippen molar-refractivity contribution in [1.82, 2.24) is 15.3 Å². The van der Waals surface area contributed by atoms with Gasteiger partial charge in [-0.3, -0.25) is 4.79 Å². The van der Waals surface area contributed by atoms with E-state index in [2.05, 4.69) is 20.2 Å². The van der Waals surface area contributed by atoms with Crippen LogP contribution < -0.4 is 10.2 Å². The predicted molar refractivity (Wildman–Crippen MR) is 84.1 cm³/mol. The number of hydrogen-bond acceptors (Lipinski definition) is 5. The first-order valence-corrected chi connectivity index (χ1v) is 8.22. The summed E-state index contributed by atoms with van der Waals surface area (Å²) in [7, 11) is 0. The number of rotatable bonds is 4. The average molecular weight is 304 g/mol. The molecule has 0 radical (unpaired) electrons. The lowest BCUT2D eigenvalue weighted by molar-refractivity contribution is 0.0856. The zero-order valence-corrected chi connectivity index (χ0v) is 13.2. The third-order valence-corrected chi connectivity index (χ3v) is 4.36. The van der Waals surface area contributed by atoms with Crippen LogP contribution in [0.15, 0.2) is 6.20 Å². The van der Waals surface area contributed by atoms with Crippen LogP contribution in [0.4, 0.5) is 5.95 Å². The highest BCUT2D eigenvalue weighted by Crippen LogP contribution is 2.17. The number of piperidine rings is 1. The summed E-state index contributed by atoms with van der Waals surface area (Å²) in [5.74, 6) is 0.631. The van der Waals surface area contributed by atoms with E-state index >= 15 is 0 Å². The van der Waals surface area contributed by atoms with Crippen molar-refractivity contribution in [3.63, 3.8) is 0 Å². The van der Waals surface area contributed by atoms with E-state index in [9.17, 15) is 4.79 Å². The van der Waals surface area contributed by atoms with E-state index in [4.69, 9.17) is 4.74 Å². The SMILES string of the molecule is Cc1nc(N2CCCCC2)ncc1C(=O)NCC1CCCO1. The molecule has 0 saturated carbocycles. The molecular weight excluding hydrogens is 280 g/mol. The van der Waals surface area contributed by atoms with Crippen molar-refractivity contribution in [2.75, 3.05) is 31.1 Å². The number of aryl methyl sites for hydroxylation is 1. The first-order valence-electron chi connectivity index (χ1n) is 8.22. The average Bonchev–Trinajstić information content (AvgIpc) is 3.07. The van der Waals surface area contributed by atoms with Crippen LogP contribution in [0.5, 0.6) is 0 Å². The molecule has 1 atom stereocenters. The second-order valence-electron chi connectivity index (χ2n) is 6.06. The predicted octanol–water partition coefficient (Wildman–Crippen LogP) is 1.68. The van der Waals surface area contributed by atoms with Gasteiger partial charge in [-0.2, -0.15) is 0 Å². The Bertz CT molecular complexity index is 523. The number of carbonyl (C=O) groups excluding carboxylic acids is 1. The minimum absolute atomic E-state index is 0.113. The van der Waals surface area contributed by atoms with Gasteiger partial charge in [0, 0.05) is 32.4 Å². The Balaban J connectivity index is 1.61. The van der Waals surface area contributed by atoms with E-state index < -0.39 is 0 Å². The molecule has 1 unspecified atom stereocenters. The van der Waals surface area contributed by atoms with Crippen molar-refractivity contribution in [2.45, 2.75) is 45.1 Å². The zero-order chi connectivity index (χ0) is 15.4. The second-order valence-corrected chi connectivity index (χ2v) is 6.06. The Morgan fingerprint density at radius 3 is 2.86 bits per heavy atom. The summed E-state index contributed by atoms with van der Waals surface area (Å²) in [4.78, 5) is 23.4. The molecule has 0 spiro atoms. The van der Waals surface area contributed by atoms with E-state index in [0.717, 1.165) is 44.2 Å². The molecule has 120 valence electrons. The van der Waals surface area contributed by atoms with E-state index in [1.165, 1.54) is 19.3 Å². The molecule has 0 aromatic carbocycles. The van der Waals surface area contributed by atoms with Crippen molar-refractivity contribution >= 4 is 11.9 Å². The molecule has 1 aromatic heterocycles. The van der Waals surface area contributed by atoms with Gasteiger partial charge in [-0.05, 0) is 39.0 Å². The molecule has 2 fully saturated rings. The van der Waals surface area contributed by atoms with Gasteiger partial charge in [0.1, 0.15) is 0 Å². The van der Waals surface area contributed by atoms with E-state index in [-0.39, 0.29) is 12.0 Å². The third kappa shape index (κ3) is 3.55. The van der Waals surface area contributed by atoms with Crippen LogP contribution in [0.3, 0.4) is 0 Å². The topological polar surface area (TPSA) is 67.4 Å². The number of anilines is 1. The number of hydrogen-bond donors (Lipinski definition) is 1. The molecule has 2 aliphatic rings. The van der Waals surface area contributed by atoms with Gasteiger partial charge < -0.3 is 15.0 Å². The van der Waals surface area contributed by atoms with Crippen molar-refractivity contribution < 1.29 is 9.53 Å². The van der Waals surface area contributed by atoms with Crippen LogP contribution in [-0.4, -0.2) is 48.2 Å². The second kappa shape index (κ2) is 7.05. The highest BCUT2D eigenvalue weighted by atomic mass is 16.5. The number of nitrogens with one attached hydrogen (secondary N) is 1. The molecule has 2 saturated heterocycles. The minimum atomic E-state index is -0.113. The van der Waals surface area contributed by atoms with E-state index in [1.54, 1.807) is 6.20 Å². The van der Waals surface area contributed by atoms with Crippen molar-refractivity contribution in [1.29, 1.82) is 0 Å². The summed E-state index contributed by atoms with van der Waals surface area (Å²) in [6.07, 6.45) is 7.54. The van der Waals surface area contributed by atoms with Gasteiger partial charge >= 0.3 is 0 Å². The number of amides is 1. The Kier molecular flexibility index (Phi) is 4.87. The summed E-state index contributed by atoms with van der Waals surface area (Å²) in [5, 5.41) is 2.92. The summed E-state index contributed by atoms with van der Waals surface area (Å²) in [6, 6.07) is 0. The molecule has 1 aromatic rings. The molecule has 1 N–H and O–H groups in total. The first kappa shape index (κ1) is 15.2. The fraction of sp³-hybridized carbons (Fsp3) is 0.688. The van der Waals surface area contributed by atoms with Crippen LogP contribution >= 0.6 is 0 Å². The van der Waals surface area contributed by atoms with Gasteiger partial charge in [0.05, 0.1) is 17.4 Å². The normalized spacial score (nSPS) is 21.9. The standard InChI is InChI=1S/C16H24N4O2/c1-12-14(15(21)17-10-13-6-5-9-22-13)11-18-16(19-12)20-7-3-2-4-8-20/h11,13H,2-10H2,1H3,(H,17,21). The molecular formula is C16H24N4O2. The Labute approximate surface area is 131 Å². The molecule has 6 nitrogen and oxygen atoms in total. The smallest absolute Gasteiger partial charge is 0.254 e. The van der Waals surface area contributed by atoms with Crippen molar-refractivity contribution in [2.24, 2.45) is 0 Å². The van der Waals surface area contributed by atoms with Crippen LogP contribution in [0.25, 0.3) is 0 Å². The van der Waals surface area contributed by atoms with Crippen LogP contribution in [-0.2, 0) is 4.74 Å². The molecule has 0 aliphatic carbocycles. The molecule has 3 rings (SSSR count). The van der Waals surface area contributed by atoms with Crippen molar-refractivity contribution in [3.8, 4) is 0 Å². The summed E-state index contributed by atoms with van der Waals surface area (Å²) in [6.45, 7) is 5.24. The van der Waals surface area contributed by atoms with Crippen LogP contribution in [0.2, 0.25) is 0 Å². The molecule has 6 heteroatoms. The van der Waals surface area contributed by atoms with Crippen molar-refractivity contribution in [3.05, 3.63) is 17.5 Å². The fourth-order valence-electron chi connectivity index (χ4n) is 3.03. The van der Waals surface area contributed by atoms with Gasteiger partial charge in [0.25, 0.3) is 5.91 Å². The number of nitrogens with zero attached hydrogens (tertiary/aromatic N) is 3. The number of ether oxygens (including phenoxy) is 1. The Hall–Kier alpha value is -1.69. The van der Waals surface area contributed by atoms with Crippen LogP contribution in [0, 0.1) is 6.92 Å². The summed E-state index contributed by atoms with van der Waals surface area (Å²) in [5.41, 5.74) is 1.29. The first-order chi connectivity index (χ1) is 10.7. The van der Waals surface area contributed by atoms with Gasteiger partial charge in [0.15, 0.2) is 0 Å². The maximum atomic E-state index is 12.2. The zero-order valence-electron chi connectivity index (χ0n) is 13.2. The molecule has 1 amide bonds. The maximum Gasteiger partial charge on any atom is 0.254 e. The Morgan fingerprint density at radius 2 is 2.18 bits per heavy atom. The summed E-state index contributed by atoms with van der Waals surface area (Å²) < 4.78 is 5.52. The molecule has 0 bridgehead atoms. The maximum absolute atomic E-state index is 12.2. The lowest BCUT2D eigenvalue weighted by Crippen LogP contribution is -2.33. The monoisotopic (exact) mass is 304 g/mol. The number of aromatic nitrogens is 2. The quantitative estimate of drug-likeness (QED) is 0.917.